The molecule has 0 aliphatic rings. The summed E-state index contributed by atoms with van der Waals surface area (Å²) in [5, 5.41) is 15.2. The van der Waals surface area contributed by atoms with Crippen molar-refractivity contribution in [1.29, 1.82) is 0 Å². The summed E-state index contributed by atoms with van der Waals surface area (Å²) < 4.78 is 0.417. The number of hydrogen-bond acceptors (Lipinski definition) is 3. The molecule has 0 atom stereocenters. The van der Waals surface area contributed by atoms with E-state index in [0.29, 0.717) is 4.48 Å². The van der Waals surface area contributed by atoms with Crippen molar-refractivity contribution in [3.63, 3.8) is 0 Å². The predicted molar refractivity (Wildman–Crippen MR) is 42.9 cm³/mol. The Morgan fingerprint density at radius 2 is 1.33 bits per heavy atom. The quantitative estimate of drug-likeness (QED) is 0.465. The molecule has 0 heterocycles. The normalized spacial score (nSPS) is 9.17. The predicted octanol–water partition coefficient (Wildman–Crippen LogP) is -3.79. The number of amides is 1. The molecule has 0 spiro atoms. The number of rotatable bonds is 1. The van der Waals surface area contributed by atoms with Gasteiger partial charge in [-0.05, 0) is 0 Å². The van der Waals surface area contributed by atoms with E-state index in [1.54, 1.807) is 6.92 Å². The van der Waals surface area contributed by atoms with Crippen LogP contribution in [0.1, 0.15) is 6.92 Å². The van der Waals surface area contributed by atoms with Crippen molar-refractivity contribution in [2.45, 2.75) is 6.92 Å². The lowest BCUT2D eigenvalue weighted by Crippen LogP contribution is -3.00. The lowest BCUT2D eigenvalue weighted by atomic mass is 10.5. The van der Waals surface area contributed by atoms with Crippen LogP contribution in [0.4, 0.5) is 0 Å². The van der Waals surface area contributed by atoms with Crippen LogP contribution in [0.15, 0.2) is 0 Å². The highest BCUT2D eigenvalue weighted by molar-refractivity contribution is 5.64. The van der Waals surface area contributed by atoms with Crippen LogP contribution in [0.2, 0.25) is 0 Å². The Kier molecular flexibility index (Phi) is 13.6. The minimum absolute atomic E-state index is 0. The Hall–Kier alpha value is 0.0300. The number of nitrogens with zero attached hydrogens (tertiary/aromatic N) is 1. The molecule has 0 rings (SSSR count). The van der Waals surface area contributed by atoms with Crippen LogP contribution in [-0.4, -0.2) is 55.0 Å². The number of aliphatic hydroxyl groups is 2. The fourth-order valence-electron chi connectivity index (χ4n) is 0. The van der Waals surface area contributed by atoms with Gasteiger partial charge in [-0.15, -0.1) is 0 Å². The molecule has 1 amide bonds. The smallest absolute Gasteiger partial charge is 0.309 e. The first-order valence-corrected chi connectivity index (χ1v) is 3.40. The van der Waals surface area contributed by atoms with Gasteiger partial charge >= 0.3 is 5.91 Å². The molecular formula is C7H18BrNO3. The summed E-state index contributed by atoms with van der Waals surface area (Å²) in [6.07, 6.45) is 0. The number of aliphatic hydroxyl groups excluding tert-OH is 2. The zero-order valence-corrected chi connectivity index (χ0v) is 9.63. The third-order valence-electron chi connectivity index (χ3n) is 1.04. The largest absolute Gasteiger partial charge is 1.00 e. The summed E-state index contributed by atoms with van der Waals surface area (Å²) in [7, 11) is 5.55. The van der Waals surface area contributed by atoms with Crippen LogP contribution in [0.25, 0.3) is 0 Å². The first-order chi connectivity index (χ1) is 4.86. The van der Waals surface area contributed by atoms with Gasteiger partial charge in [0.2, 0.25) is 0 Å². The topological polar surface area (TPSA) is 57.5 Å². The van der Waals surface area contributed by atoms with Crippen molar-refractivity contribution in [3.05, 3.63) is 0 Å². The van der Waals surface area contributed by atoms with Gasteiger partial charge in [0, 0.05) is 0 Å². The Morgan fingerprint density at radius 1 is 1.17 bits per heavy atom. The summed E-state index contributed by atoms with van der Waals surface area (Å²) >= 11 is 0. The first-order valence-electron chi connectivity index (χ1n) is 3.40. The molecule has 0 fully saturated rings. The van der Waals surface area contributed by atoms with Crippen LogP contribution < -0.4 is 17.0 Å². The average Bonchev–Trinajstić information content (AvgIpc) is 1.87. The summed E-state index contributed by atoms with van der Waals surface area (Å²) in [6, 6.07) is 0. The molecule has 12 heavy (non-hydrogen) atoms. The molecule has 5 heteroatoms. The molecule has 0 unspecified atom stereocenters. The minimum Gasteiger partial charge on any atom is -1.00 e. The second kappa shape index (κ2) is 9.12. The van der Waals surface area contributed by atoms with Crippen LogP contribution in [-0.2, 0) is 4.79 Å². The highest BCUT2D eigenvalue weighted by Gasteiger charge is 2.11. The summed E-state index contributed by atoms with van der Waals surface area (Å²) in [4.78, 5) is 10.4. The molecule has 76 valence electrons. The monoisotopic (exact) mass is 243 g/mol. The molecule has 0 radical (unpaired) electrons. The van der Waals surface area contributed by atoms with Crippen molar-refractivity contribution in [3.8, 4) is 0 Å². The van der Waals surface area contributed by atoms with E-state index in [1.165, 1.54) is 0 Å². The standard InChI is InChI=1S/C5H12NO.C2H6O2.BrH/c1-5(7)6(2,3)4;3-1-2-4;/h1-4H3;3-4H,1-2H2;1H/q+1;;/p-1. The molecular weight excluding hydrogens is 226 g/mol. The SMILES string of the molecule is CC(=O)[N+](C)(C)C.OCCO.[Br-]. The number of carbonyl (C=O) groups excluding carboxylic acids is 1. The van der Waals surface area contributed by atoms with Gasteiger partial charge in [0.05, 0.1) is 41.3 Å². The van der Waals surface area contributed by atoms with Gasteiger partial charge in [-0.2, -0.15) is 0 Å². The Bertz CT molecular complexity index is 110. The fourth-order valence-corrected chi connectivity index (χ4v) is 0. The summed E-state index contributed by atoms with van der Waals surface area (Å²) in [6.45, 7) is 1.33. The van der Waals surface area contributed by atoms with E-state index in [4.69, 9.17) is 10.2 Å². The highest BCUT2D eigenvalue weighted by atomic mass is 79.9. The van der Waals surface area contributed by atoms with Crippen LogP contribution in [0, 0.1) is 0 Å². The molecule has 4 nitrogen and oxygen atoms in total. The Balaban J connectivity index is -0.000000142. The lowest BCUT2D eigenvalue weighted by Gasteiger charge is -2.17. The first kappa shape index (κ1) is 17.9. The third kappa shape index (κ3) is 16.5. The number of quaternary nitrogens is 1. The zero-order valence-electron chi connectivity index (χ0n) is 8.04. The summed E-state index contributed by atoms with van der Waals surface area (Å²) in [5.74, 6) is 0.181. The highest BCUT2D eigenvalue weighted by Crippen LogP contribution is 1.87. The number of hydrogen-bond donors (Lipinski definition) is 2. The Morgan fingerprint density at radius 3 is 1.33 bits per heavy atom. The maximum absolute atomic E-state index is 10.4. The molecule has 0 aromatic carbocycles. The average molecular weight is 244 g/mol. The maximum atomic E-state index is 10.4. The van der Waals surface area contributed by atoms with E-state index in [9.17, 15) is 4.79 Å². The second-order valence-corrected chi connectivity index (χ2v) is 2.98. The van der Waals surface area contributed by atoms with Gasteiger partial charge in [0.1, 0.15) is 0 Å². The van der Waals surface area contributed by atoms with E-state index < -0.39 is 0 Å². The minimum atomic E-state index is -0.125. The van der Waals surface area contributed by atoms with Gasteiger partial charge in [-0.3, -0.25) is 4.48 Å². The molecule has 0 aromatic rings. The van der Waals surface area contributed by atoms with E-state index in [2.05, 4.69) is 0 Å². The lowest BCUT2D eigenvalue weighted by molar-refractivity contribution is -0.791. The summed E-state index contributed by atoms with van der Waals surface area (Å²) in [5.41, 5.74) is 0. The number of halogens is 1. The molecule has 0 bridgehead atoms. The molecule has 0 aromatic heterocycles. The molecule has 0 aliphatic heterocycles. The van der Waals surface area contributed by atoms with Gasteiger partial charge < -0.3 is 27.2 Å². The van der Waals surface area contributed by atoms with Gasteiger partial charge in [0.25, 0.3) is 0 Å². The molecule has 0 aliphatic carbocycles. The fraction of sp³-hybridized carbons (Fsp3) is 0.857. The van der Waals surface area contributed by atoms with Crippen molar-refractivity contribution in [1.82, 2.24) is 0 Å². The van der Waals surface area contributed by atoms with Crippen molar-refractivity contribution < 1.29 is 36.5 Å². The third-order valence-corrected chi connectivity index (χ3v) is 1.04. The maximum Gasteiger partial charge on any atom is 0.309 e. The van der Waals surface area contributed by atoms with Crippen molar-refractivity contribution in [2.75, 3.05) is 34.4 Å². The van der Waals surface area contributed by atoms with Gasteiger partial charge in [0.15, 0.2) is 0 Å². The van der Waals surface area contributed by atoms with Crippen LogP contribution >= 0.6 is 0 Å². The van der Waals surface area contributed by atoms with E-state index in [0.717, 1.165) is 0 Å². The Labute approximate surface area is 84.2 Å². The van der Waals surface area contributed by atoms with E-state index >= 15 is 0 Å². The molecule has 0 saturated heterocycles. The number of carbonyl (C=O) groups is 1. The van der Waals surface area contributed by atoms with E-state index in [1.807, 2.05) is 21.1 Å². The molecule has 2 N–H and O–H groups in total. The van der Waals surface area contributed by atoms with Crippen LogP contribution in [0.3, 0.4) is 0 Å². The second-order valence-electron chi connectivity index (χ2n) is 2.98. The van der Waals surface area contributed by atoms with Crippen molar-refractivity contribution >= 4 is 5.91 Å². The van der Waals surface area contributed by atoms with Crippen molar-refractivity contribution in [2.24, 2.45) is 0 Å². The zero-order chi connectivity index (χ0) is 9.49. The van der Waals surface area contributed by atoms with E-state index in [-0.39, 0.29) is 36.1 Å². The molecule has 0 saturated carbocycles. The van der Waals surface area contributed by atoms with Gasteiger partial charge in [-0.25, -0.2) is 4.79 Å². The van der Waals surface area contributed by atoms with Crippen LogP contribution in [0.5, 0.6) is 0 Å². The van der Waals surface area contributed by atoms with Gasteiger partial charge in [-0.1, -0.05) is 0 Å².